The van der Waals surface area contributed by atoms with E-state index in [2.05, 4.69) is 0 Å². The molecule has 0 spiro atoms. The van der Waals surface area contributed by atoms with E-state index in [1.807, 2.05) is 0 Å². The van der Waals surface area contributed by atoms with Crippen LogP contribution in [-0.4, -0.2) is 59.5 Å². The number of ether oxygens (including phenoxy) is 2. The third kappa shape index (κ3) is 4.61. The quantitative estimate of drug-likeness (QED) is 0.493. The van der Waals surface area contributed by atoms with Crippen LogP contribution in [0.15, 0.2) is 24.3 Å². The minimum Gasteiger partial charge on any atom is -0.425 e. The molecule has 9 heteroatoms. The van der Waals surface area contributed by atoms with Crippen LogP contribution >= 0.6 is 11.6 Å². The van der Waals surface area contributed by atoms with Crippen molar-refractivity contribution in [2.75, 3.05) is 20.3 Å². The van der Waals surface area contributed by atoms with E-state index >= 15 is 0 Å². The number of benzene rings is 1. The Labute approximate surface area is 180 Å². The molecule has 0 aromatic heterocycles. The maximum absolute atomic E-state index is 13.0. The molecule has 0 aliphatic heterocycles. The van der Waals surface area contributed by atoms with Gasteiger partial charge in [-0.25, -0.2) is 4.79 Å². The van der Waals surface area contributed by atoms with Gasteiger partial charge in [-0.05, 0) is 32.3 Å². The van der Waals surface area contributed by atoms with E-state index in [-0.39, 0.29) is 5.78 Å². The number of aliphatic hydroxyl groups is 2. The minimum absolute atomic E-state index is 0.140. The average molecular weight is 442 g/mol. The average Bonchev–Trinajstić information content (AvgIpc) is 2.73. The molecule has 0 saturated heterocycles. The molecule has 8 nitrogen and oxygen atoms in total. The van der Waals surface area contributed by atoms with Crippen LogP contribution in [-0.2, 0) is 24.6 Å². The van der Waals surface area contributed by atoms with E-state index in [0.717, 1.165) is 12.8 Å². The largest absolute Gasteiger partial charge is 0.425 e. The number of carbonyl (C=O) groups excluding carboxylic acids is 3. The van der Waals surface area contributed by atoms with Crippen LogP contribution in [0.4, 0.5) is 4.79 Å². The fraction of sp³-hybridized carbons (Fsp3) is 0.571. The third-order valence-electron chi connectivity index (χ3n) is 5.55. The zero-order valence-electron chi connectivity index (χ0n) is 17.4. The molecular formula is C21H28ClNO7. The van der Waals surface area contributed by atoms with Crippen LogP contribution < -0.4 is 0 Å². The number of esters is 1. The summed E-state index contributed by atoms with van der Waals surface area (Å²) in [6.07, 6.45) is -0.0128. The number of Topliss-reactive ketones (excluding diaryl/α,β-unsaturated/α-hetero) is 1. The fourth-order valence-corrected chi connectivity index (χ4v) is 3.79. The van der Waals surface area contributed by atoms with Crippen molar-refractivity contribution < 1.29 is 34.1 Å². The van der Waals surface area contributed by atoms with Crippen LogP contribution in [0.1, 0.15) is 45.1 Å². The topological polar surface area (TPSA) is 113 Å². The Kier molecular flexibility index (Phi) is 7.85. The highest BCUT2D eigenvalue weighted by atomic mass is 35.5. The second-order valence-electron chi connectivity index (χ2n) is 7.76. The molecule has 1 aromatic carbocycles. The summed E-state index contributed by atoms with van der Waals surface area (Å²) in [5, 5.41) is 19.0. The van der Waals surface area contributed by atoms with Gasteiger partial charge < -0.3 is 19.7 Å². The molecular weight excluding hydrogens is 414 g/mol. The van der Waals surface area contributed by atoms with Gasteiger partial charge in [0.25, 0.3) is 0 Å². The normalized spacial score (nSPS) is 20.4. The Morgan fingerprint density at radius 2 is 1.87 bits per heavy atom. The number of carbonyl (C=O) groups is 3. The molecule has 1 amide bonds. The number of amides is 1. The third-order valence-corrected chi connectivity index (χ3v) is 5.88. The number of hydrogen-bond donors (Lipinski definition) is 2. The molecule has 1 unspecified atom stereocenters. The Morgan fingerprint density at radius 3 is 2.43 bits per heavy atom. The monoisotopic (exact) mass is 441 g/mol. The van der Waals surface area contributed by atoms with Crippen molar-refractivity contribution >= 4 is 29.4 Å². The predicted molar refractivity (Wildman–Crippen MR) is 109 cm³/mol. The van der Waals surface area contributed by atoms with Crippen molar-refractivity contribution in [2.24, 2.45) is 5.41 Å². The summed E-state index contributed by atoms with van der Waals surface area (Å²) in [6, 6.07) is 6.87. The van der Waals surface area contributed by atoms with E-state index in [9.17, 15) is 24.6 Å². The molecule has 0 bridgehead atoms. The Hall–Kier alpha value is -2.16. The number of ketones is 1. The van der Waals surface area contributed by atoms with Gasteiger partial charge >= 0.3 is 12.1 Å². The molecule has 1 aromatic rings. The molecule has 2 rings (SSSR count). The molecule has 30 heavy (non-hydrogen) atoms. The van der Waals surface area contributed by atoms with Crippen molar-refractivity contribution in [1.29, 1.82) is 0 Å². The number of aliphatic hydroxyl groups excluding tert-OH is 2. The standard InChI is InChI=1S/C21H28ClNO7/c1-14(29-18(27)20(2,12-24)13-25)30-19(28)23(3)21(11-7-6-10-17(21)26)15-8-4-5-9-16(15)22/h4-5,8-9,14,24-25H,6-7,10-13H2,1-3H3/t14?,21-/m0/s1. The van der Waals surface area contributed by atoms with Crippen molar-refractivity contribution in [2.45, 2.75) is 51.4 Å². The summed E-state index contributed by atoms with van der Waals surface area (Å²) >= 11 is 6.37. The van der Waals surface area contributed by atoms with E-state index in [4.69, 9.17) is 21.1 Å². The minimum atomic E-state index is -1.52. The van der Waals surface area contributed by atoms with Gasteiger partial charge in [0.2, 0.25) is 6.29 Å². The number of nitrogens with zero attached hydrogens (tertiary/aromatic N) is 1. The summed E-state index contributed by atoms with van der Waals surface area (Å²) in [4.78, 5) is 39.3. The first-order valence-corrected chi connectivity index (χ1v) is 10.2. The van der Waals surface area contributed by atoms with Gasteiger partial charge in [-0.3, -0.25) is 14.5 Å². The van der Waals surface area contributed by atoms with Gasteiger partial charge in [0.1, 0.15) is 11.0 Å². The SMILES string of the molecule is CC(OC(=O)N(C)[C@]1(c2ccccc2Cl)CCCCC1=O)OC(=O)C(C)(CO)CO. The molecule has 0 radical (unpaired) electrons. The highest BCUT2D eigenvalue weighted by molar-refractivity contribution is 6.31. The Morgan fingerprint density at radius 1 is 1.23 bits per heavy atom. The molecule has 1 saturated carbocycles. The number of hydrogen-bond acceptors (Lipinski definition) is 7. The predicted octanol–water partition coefficient (Wildman–Crippen LogP) is 2.63. The van der Waals surface area contributed by atoms with E-state index in [1.54, 1.807) is 24.3 Å². The van der Waals surface area contributed by atoms with Crippen LogP contribution in [0.2, 0.25) is 5.02 Å². The highest BCUT2D eigenvalue weighted by Gasteiger charge is 2.49. The first kappa shape index (κ1) is 24.1. The summed E-state index contributed by atoms with van der Waals surface area (Å²) in [7, 11) is 1.45. The Balaban J connectivity index is 2.24. The zero-order valence-corrected chi connectivity index (χ0v) is 18.1. The van der Waals surface area contributed by atoms with Crippen molar-refractivity contribution in [3.63, 3.8) is 0 Å². The first-order valence-electron chi connectivity index (χ1n) is 9.78. The van der Waals surface area contributed by atoms with Crippen molar-refractivity contribution in [3.05, 3.63) is 34.9 Å². The summed E-state index contributed by atoms with van der Waals surface area (Å²) in [6.45, 7) is 1.40. The summed E-state index contributed by atoms with van der Waals surface area (Å²) in [5.74, 6) is -1.05. The van der Waals surface area contributed by atoms with E-state index < -0.39 is 42.5 Å². The van der Waals surface area contributed by atoms with Gasteiger partial charge in [-0.2, -0.15) is 0 Å². The highest BCUT2D eigenvalue weighted by Crippen LogP contribution is 2.42. The number of likely N-dealkylation sites (N-methyl/N-ethyl adjacent to an activating group) is 1. The molecule has 1 fully saturated rings. The lowest BCUT2D eigenvalue weighted by Gasteiger charge is -2.43. The van der Waals surface area contributed by atoms with E-state index in [1.165, 1.54) is 25.8 Å². The van der Waals surface area contributed by atoms with Crippen LogP contribution in [0.5, 0.6) is 0 Å². The van der Waals surface area contributed by atoms with Gasteiger partial charge in [0, 0.05) is 31.0 Å². The van der Waals surface area contributed by atoms with Crippen LogP contribution in [0, 0.1) is 5.41 Å². The summed E-state index contributed by atoms with van der Waals surface area (Å²) in [5.41, 5.74) is -2.28. The second kappa shape index (κ2) is 9.76. The van der Waals surface area contributed by atoms with Gasteiger partial charge in [-0.1, -0.05) is 29.8 Å². The lowest BCUT2D eigenvalue weighted by molar-refractivity contribution is -0.183. The lowest BCUT2D eigenvalue weighted by atomic mass is 9.74. The molecule has 166 valence electrons. The van der Waals surface area contributed by atoms with Gasteiger partial charge in [0.05, 0.1) is 13.2 Å². The van der Waals surface area contributed by atoms with Crippen molar-refractivity contribution in [3.8, 4) is 0 Å². The van der Waals surface area contributed by atoms with Crippen LogP contribution in [0.25, 0.3) is 0 Å². The van der Waals surface area contributed by atoms with Gasteiger partial charge in [0.15, 0.2) is 5.78 Å². The molecule has 2 atom stereocenters. The summed E-state index contributed by atoms with van der Waals surface area (Å²) < 4.78 is 10.3. The molecule has 1 aliphatic rings. The molecule has 0 heterocycles. The first-order chi connectivity index (χ1) is 14.1. The fourth-order valence-electron chi connectivity index (χ4n) is 3.50. The number of halogens is 1. The van der Waals surface area contributed by atoms with Crippen LogP contribution in [0.3, 0.4) is 0 Å². The van der Waals surface area contributed by atoms with E-state index in [0.29, 0.717) is 23.4 Å². The smallest absolute Gasteiger partial charge is 0.413 e. The van der Waals surface area contributed by atoms with Crippen molar-refractivity contribution in [1.82, 2.24) is 4.90 Å². The second-order valence-corrected chi connectivity index (χ2v) is 8.17. The molecule has 2 N–H and O–H groups in total. The maximum Gasteiger partial charge on any atom is 0.413 e. The number of rotatable bonds is 7. The lowest BCUT2D eigenvalue weighted by Crippen LogP contribution is -2.55. The zero-order chi connectivity index (χ0) is 22.5. The molecule has 1 aliphatic carbocycles. The maximum atomic E-state index is 13.0. The Bertz CT molecular complexity index is 795. The van der Waals surface area contributed by atoms with Gasteiger partial charge in [-0.15, -0.1) is 0 Å².